The fraction of sp³-hybridized carbons (Fsp3) is 0.389. The van der Waals surface area contributed by atoms with Gasteiger partial charge >= 0.3 is 11.9 Å². The molecule has 0 unspecified atom stereocenters. The zero-order valence-electron chi connectivity index (χ0n) is 13.7. The molecule has 0 spiro atoms. The Morgan fingerprint density at radius 3 is 2.58 bits per heavy atom. The first-order valence-corrected chi connectivity index (χ1v) is 7.97. The van der Waals surface area contributed by atoms with Crippen LogP contribution in [0.5, 0.6) is 0 Å². The molecule has 1 aliphatic carbocycles. The van der Waals surface area contributed by atoms with Crippen LogP contribution in [0.4, 0.5) is 0 Å². The van der Waals surface area contributed by atoms with Crippen LogP contribution in [0.2, 0.25) is 0 Å². The van der Waals surface area contributed by atoms with Crippen LogP contribution in [-0.2, 0) is 14.3 Å². The Balaban J connectivity index is 1.79. The molecule has 0 bridgehead atoms. The molecule has 1 aromatic carbocycles. The molecule has 126 valence electrons. The van der Waals surface area contributed by atoms with Crippen LogP contribution in [0, 0.1) is 5.92 Å². The molecule has 2 aromatic rings. The summed E-state index contributed by atoms with van der Waals surface area (Å²) in [5.41, 5.74) is 1.37. The second-order valence-corrected chi connectivity index (χ2v) is 5.96. The van der Waals surface area contributed by atoms with E-state index in [1.165, 1.54) is 13.3 Å². The molecule has 1 heterocycles. The van der Waals surface area contributed by atoms with Crippen molar-refractivity contribution in [3.8, 4) is 0 Å². The summed E-state index contributed by atoms with van der Waals surface area (Å²) in [6.45, 7) is 1.98. The van der Waals surface area contributed by atoms with E-state index in [4.69, 9.17) is 9.47 Å². The van der Waals surface area contributed by atoms with E-state index in [0.717, 1.165) is 18.4 Å². The minimum Gasteiger partial charge on any atom is -0.466 e. The molecule has 6 nitrogen and oxygen atoms in total. The van der Waals surface area contributed by atoms with Gasteiger partial charge in [-0.1, -0.05) is 30.3 Å². The zero-order chi connectivity index (χ0) is 17.1. The van der Waals surface area contributed by atoms with E-state index >= 15 is 0 Å². The summed E-state index contributed by atoms with van der Waals surface area (Å²) in [5, 5.41) is 0. The maximum atomic E-state index is 12.5. The summed E-state index contributed by atoms with van der Waals surface area (Å²) >= 11 is 0. The first-order chi connectivity index (χ1) is 11.6. The molecule has 0 N–H and O–H groups in total. The van der Waals surface area contributed by atoms with Crippen LogP contribution in [-0.4, -0.2) is 34.7 Å². The van der Waals surface area contributed by atoms with E-state index in [1.807, 2.05) is 37.3 Å². The van der Waals surface area contributed by atoms with E-state index in [1.54, 1.807) is 10.9 Å². The van der Waals surface area contributed by atoms with Gasteiger partial charge in [-0.05, 0) is 25.3 Å². The van der Waals surface area contributed by atoms with E-state index in [9.17, 15) is 9.59 Å². The predicted octanol–water partition coefficient (Wildman–Crippen LogP) is 2.60. The highest BCUT2D eigenvalue weighted by atomic mass is 16.6. The van der Waals surface area contributed by atoms with Crippen LogP contribution in [0.25, 0.3) is 0 Å². The second-order valence-electron chi connectivity index (χ2n) is 5.96. The number of carbonyl (C=O) groups excluding carboxylic acids is 2. The lowest BCUT2D eigenvalue weighted by molar-refractivity contribution is -0.152. The van der Waals surface area contributed by atoms with Crippen LogP contribution in [0.1, 0.15) is 41.9 Å². The number of aromatic nitrogens is 2. The molecule has 0 radical (unpaired) electrons. The third kappa shape index (κ3) is 3.32. The van der Waals surface area contributed by atoms with Crippen molar-refractivity contribution in [3.05, 3.63) is 54.1 Å². The van der Waals surface area contributed by atoms with Crippen LogP contribution < -0.4 is 0 Å². The highest BCUT2D eigenvalue weighted by Gasteiger charge is 2.40. The van der Waals surface area contributed by atoms with Gasteiger partial charge in [0.25, 0.3) is 0 Å². The number of hydrogen-bond acceptors (Lipinski definition) is 5. The van der Waals surface area contributed by atoms with Gasteiger partial charge in [-0.25, -0.2) is 14.6 Å². The summed E-state index contributed by atoms with van der Waals surface area (Å²) in [4.78, 5) is 28.4. The Kier molecular flexibility index (Phi) is 4.64. The Morgan fingerprint density at radius 1 is 1.25 bits per heavy atom. The quantitative estimate of drug-likeness (QED) is 0.762. The Labute approximate surface area is 140 Å². The molecule has 1 aromatic heterocycles. The van der Waals surface area contributed by atoms with Crippen molar-refractivity contribution in [2.24, 2.45) is 5.92 Å². The van der Waals surface area contributed by atoms with Gasteiger partial charge in [0.1, 0.15) is 5.69 Å². The molecule has 24 heavy (non-hydrogen) atoms. The number of ether oxygens (including phenoxy) is 2. The van der Waals surface area contributed by atoms with Gasteiger partial charge < -0.3 is 14.0 Å². The van der Waals surface area contributed by atoms with Crippen molar-refractivity contribution in [1.29, 1.82) is 0 Å². The molecule has 1 fully saturated rings. The van der Waals surface area contributed by atoms with Crippen molar-refractivity contribution >= 4 is 11.9 Å². The minimum atomic E-state index is -0.835. The summed E-state index contributed by atoms with van der Waals surface area (Å²) in [7, 11) is 1.30. The number of benzene rings is 1. The first-order valence-electron chi connectivity index (χ1n) is 7.97. The topological polar surface area (TPSA) is 70.4 Å². The fourth-order valence-corrected chi connectivity index (χ4v) is 2.69. The number of rotatable bonds is 6. The van der Waals surface area contributed by atoms with Gasteiger partial charge in [-0.3, -0.25) is 0 Å². The van der Waals surface area contributed by atoms with Gasteiger partial charge in [0, 0.05) is 5.92 Å². The summed E-state index contributed by atoms with van der Waals surface area (Å²) in [6.07, 6.45) is 3.96. The van der Waals surface area contributed by atoms with E-state index in [-0.39, 0.29) is 12.0 Å². The first kappa shape index (κ1) is 16.2. The SMILES string of the molecule is COC(=O)[C@@H](OC(=O)c1cncn1[C@H](C)c1ccccc1)C1CC1. The molecular formula is C18H20N2O4. The van der Waals surface area contributed by atoms with Crippen molar-refractivity contribution < 1.29 is 19.1 Å². The second kappa shape index (κ2) is 6.86. The highest BCUT2D eigenvalue weighted by Crippen LogP contribution is 2.35. The molecule has 6 heteroatoms. The largest absolute Gasteiger partial charge is 0.466 e. The lowest BCUT2D eigenvalue weighted by Crippen LogP contribution is -2.31. The average Bonchev–Trinajstić information content (AvgIpc) is 3.34. The molecule has 0 saturated heterocycles. The van der Waals surface area contributed by atoms with Crippen LogP contribution in [0.3, 0.4) is 0 Å². The summed E-state index contributed by atoms with van der Waals surface area (Å²) in [6, 6.07) is 9.73. The van der Waals surface area contributed by atoms with Gasteiger partial charge in [0.2, 0.25) is 6.10 Å². The smallest absolute Gasteiger partial charge is 0.357 e. The highest BCUT2D eigenvalue weighted by molar-refractivity contribution is 5.90. The normalized spacial score (nSPS) is 16.2. The molecule has 0 amide bonds. The van der Waals surface area contributed by atoms with Gasteiger partial charge in [-0.15, -0.1) is 0 Å². The Bertz CT molecular complexity index is 722. The third-order valence-corrected chi connectivity index (χ3v) is 4.29. The molecule has 1 aliphatic rings. The minimum absolute atomic E-state index is 0.0596. The third-order valence-electron chi connectivity index (χ3n) is 4.29. The number of carbonyl (C=O) groups is 2. The lowest BCUT2D eigenvalue weighted by atomic mass is 10.1. The van der Waals surface area contributed by atoms with E-state index in [2.05, 4.69) is 4.98 Å². The molecule has 2 atom stereocenters. The monoisotopic (exact) mass is 328 g/mol. The Morgan fingerprint density at radius 2 is 1.96 bits per heavy atom. The van der Waals surface area contributed by atoms with Crippen molar-refractivity contribution in [2.45, 2.75) is 31.9 Å². The molecular weight excluding hydrogens is 308 g/mol. The average molecular weight is 328 g/mol. The number of hydrogen-bond donors (Lipinski definition) is 0. The molecule has 1 saturated carbocycles. The van der Waals surface area contributed by atoms with Gasteiger partial charge in [0.05, 0.1) is 25.7 Å². The standard InChI is InChI=1S/C18H20N2O4/c1-12(13-6-4-3-5-7-13)20-11-19-10-15(20)17(21)24-16(14-8-9-14)18(22)23-2/h3-7,10-12,14,16H,8-9H2,1-2H3/t12-,16+/m1/s1. The molecule has 3 rings (SSSR count). The van der Waals surface area contributed by atoms with Gasteiger partial charge in [-0.2, -0.15) is 0 Å². The molecule has 0 aliphatic heterocycles. The lowest BCUT2D eigenvalue weighted by Gasteiger charge is -2.18. The summed E-state index contributed by atoms with van der Waals surface area (Å²) in [5.74, 6) is -1.00. The predicted molar refractivity (Wildman–Crippen MR) is 86.4 cm³/mol. The maximum Gasteiger partial charge on any atom is 0.357 e. The number of methoxy groups -OCH3 is 1. The summed E-state index contributed by atoms with van der Waals surface area (Å²) < 4.78 is 11.9. The van der Waals surface area contributed by atoms with Crippen molar-refractivity contribution in [1.82, 2.24) is 9.55 Å². The van der Waals surface area contributed by atoms with Crippen LogP contribution in [0.15, 0.2) is 42.9 Å². The fourth-order valence-electron chi connectivity index (χ4n) is 2.69. The van der Waals surface area contributed by atoms with Crippen molar-refractivity contribution in [2.75, 3.05) is 7.11 Å². The zero-order valence-corrected chi connectivity index (χ0v) is 13.7. The van der Waals surface area contributed by atoms with E-state index in [0.29, 0.717) is 5.69 Å². The van der Waals surface area contributed by atoms with Gasteiger partial charge in [0.15, 0.2) is 0 Å². The number of imidazole rings is 1. The Hall–Kier alpha value is -2.63. The van der Waals surface area contributed by atoms with Crippen LogP contribution >= 0.6 is 0 Å². The van der Waals surface area contributed by atoms with Crippen molar-refractivity contribution in [3.63, 3.8) is 0 Å². The number of esters is 2. The van der Waals surface area contributed by atoms with E-state index < -0.39 is 18.0 Å². The number of nitrogens with zero attached hydrogens (tertiary/aromatic N) is 2. The maximum absolute atomic E-state index is 12.5.